The van der Waals surface area contributed by atoms with Gasteiger partial charge in [-0.25, -0.2) is 45.2 Å². The van der Waals surface area contributed by atoms with Gasteiger partial charge in [-0.1, -0.05) is 93.0 Å². The molecule has 0 amide bonds. The quantitative estimate of drug-likeness (QED) is 0.0275. The third-order valence-corrected chi connectivity index (χ3v) is 23.1. The van der Waals surface area contributed by atoms with Crippen molar-refractivity contribution in [2.45, 2.75) is 69.3 Å². The van der Waals surface area contributed by atoms with Crippen molar-refractivity contribution in [2.75, 3.05) is 31.5 Å². The number of nitrogens with zero attached hydrogens (tertiary/aromatic N) is 6. The Bertz CT molecular complexity index is 6150. The highest BCUT2D eigenvalue weighted by atomic mass is 127. The van der Waals surface area contributed by atoms with Gasteiger partial charge < -0.3 is 43.6 Å². The van der Waals surface area contributed by atoms with Crippen LogP contribution in [0.15, 0.2) is 201 Å². The van der Waals surface area contributed by atoms with Crippen molar-refractivity contribution in [1.82, 2.24) is 44.0 Å². The van der Waals surface area contributed by atoms with Crippen LogP contribution in [0.5, 0.6) is 11.5 Å². The van der Waals surface area contributed by atoms with E-state index in [-0.39, 0.29) is 43.6 Å². The molecule has 5 aromatic carbocycles. The van der Waals surface area contributed by atoms with E-state index < -0.39 is 41.8 Å². The molecule has 105 heavy (non-hydrogen) atoms. The van der Waals surface area contributed by atoms with Crippen molar-refractivity contribution in [3.8, 4) is 33.8 Å². The Kier molecular flexibility index (Phi) is 25.0. The molecule has 9 aromatic heterocycles. The Balaban J connectivity index is 0.000000152. The number of ether oxygens (including phenoxy) is 2. The normalized spacial score (nSPS) is 11.7. The predicted molar refractivity (Wildman–Crippen MR) is 429 cm³/mol. The minimum Gasteiger partial charge on any atom is -0.497 e. The molecule has 0 aliphatic heterocycles. The van der Waals surface area contributed by atoms with Gasteiger partial charge in [-0.3, -0.25) is 14.2 Å². The first kappa shape index (κ1) is 79.1. The van der Waals surface area contributed by atoms with Gasteiger partial charge >= 0.3 is 12.3 Å². The number of methoxy groups -OCH3 is 2. The number of fused-ring (bicyclic) bond motifs is 9. The summed E-state index contributed by atoms with van der Waals surface area (Å²) in [6.07, 6.45) is 10.7. The maximum atomic E-state index is 13.5. The Morgan fingerprint density at radius 2 is 0.876 bits per heavy atom. The molecule has 0 aliphatic rings. The van der Waals surface area contributed by atoms with E-state index in [2.05, 4.69) is 97.3 Å². The molecule has 32 heteroatoms. The molecule has 0 saturated heterocycles. The molecule has 22 nitrogen and oxygen atoms in total. The third kappa shape index (κ3) is 18.5. The van der Waals surface area contributed by atoms with Crippen LogP contribution in [-0.4, -0.2) is 118 Å². The summed E-state index contributed by atoms with van der Waals surface area (Å²) in [5.74, 6) is 1.61. The Labute approximate surface area is 637 Å². The maximum absolute atomic E-state index is 13.5. The number of halogens is 5. The average molecular weight is 1690 g/mol. The molecule has 14 rings (SSSR count). The number of pyridine rings is 6. The van der Waals surface area contributed by atoms with Crippen LogP contribution in [0.4, 0.5) is 0 Å². The summed E-state index contributed by atoms with van der Waals surface area (Å²) in [4.78, 5) is 54.4. The lowest BCUT2D eigenvalue weighted by Crippen LogP contribution is -2.30. The monoisotopic (exact) mass is 1680 g/mol. The number of nitrogens with one attached hydrogen (secondary N) is 3. The number of aromatic nitrogens is 9. The fourth-order valence-electron chi connectivity index (χ4n) is 11.5. The van der Waals surface area contributed by atoms with Crippen LogP contribution in [0, 0.1) is 24.3 Å². The second-order valence-electron chi connectivity index (χ2n) is 24.0. The van der Waals surface area contributed by atoms with E-state index >= 15 is 0 Å². The van der Waals surface area contributed by atoms with Gasteiger partial charge in [0.15, 0.2) is 34.7 Å². The van der Waals surface area contributed by atoms with Gasteiger partial charge in [-0.15, -0.1) is 0 Å². The van der Waals surface area contributed by atoms with Gasteiger partial charge in [0.1, 0.15) is 39.5 Å². The van der Waals surface area contributed by atoms with Crippen molar-refractivity contribution >= 4 is 181 Å². The van der Waals surface area contributed by atoms with Crippen molar-refractivity contribution in [3.63, 3.8) is 0 Å². The van der Waals surface area contributed by atoms with E-state index in [4.69, 9.17) is 31.1 Å². The molecule has 5 N–H and O–H groups in total. The molecule has 0 unspecified atom stereocenters. The molecular weight excluding hydrogens is 1620 g/mol. The Hall–Kier alpha value is -8.45. The van der Waals surface area contributed by atoms with E-state index in [0.717, 1.165) is 109 Å². The molecule has 544 valence electrons. The molecule has 0 spiro atoms. The summed E-state index contributed by atoms with van der Waals surface area (Å²) in [5.41, 5.74) is 11.9. The number of sulfone groups is 3. The fourth-order valence-corrected chi connectivity index (χ4v) is 15.4. The first-order valence-electron chi connectivity index (χ1n) is 32.2. The zero-order valence-electron chi connectivity index (χ0n) is 57.5. The Morgan fingerprint density at radius 1 is 0.505 bits per heavy atom. The topological polar surface area (TPSA) is 321 Å². The summed E-state index contributed by atoms with van der Waals surface area (Å²) < 4.78 is 96.8. The summed E-state index contributed by atoms with van der Waals surface area (Å²) >= 11 is 22.4. The number of benzene rings is 5. The minimum atomic E-state index is -3.39. The lowest BCUT2D eigenvalue weighted by atomic mass is 9.80. The summed E-state index contributed by atoms with van der Waals surface area (Å²) in [7, 11) is -8.35. The fraction of sp³-hybridized carbons (Fsp3) is 0.178. The first-order valence-corrected chi connectivity index (χ1v) is 43.0. The number of hydrogen-bond acceptors (Lipinski definition) is 17. The highest BCUT2D eigenvalue weighted by Crippen LogP contribution is 2.61. The smallest absolute Gasteiger partial charge is 0.488 e. The van der Waals surface area contributed by atoms with Crippen molar-refractivity contribution in [3.05, 3.63) is 234 Å². The summed E-state index contributed by atoms with van der Waals surface area (Å²) in [6, 6.07) is 40.8. The van der Waals surface area contributed by atoms with E-state index in [0.29, 0.717) is 45.3 Å². The number of aryl methyl sites for hydroxylation is 3. The molecule has 0 saturated carbocycles. The molecular formula is C73H68BCl4IN9O13PS3. The molecule has 0 atom stereocenters. The van der Waals surface area contributed by atoms with Gasteiger partial charge in [0.05, 0.1) is 64.8 Å². The van der Waals surface area contributed by atoms with Gasteiger partial charge in [0.2, 0.25) is 0 Å². The highest BCUT2D eigenvalue weighted by molar-refractivity contribution is 14.1. The number of hydrogen-bond donors (Lipinski definition) is 5. The van der Waals surface area contributed by atoms with Crippen LogP contribution < -0.4 is 26.1 Å². The van der Waals surface area contributed by atoms with Crippen LogP contribution in [0.1, 0.15) is 48.6 Å². The van der Waals surface area contributed by atoms with E-state index in [9.17, 15) is 39.4 Å². The summed E-state index contributed by atoms with van der Waals surface area (Å²) in [5, 5.41) is 20.2. The standard InChI is InChI=1S/C27H25N3O4S.C19H16ClN3O2S.C19H16IN3O2.C8H11BO4S.Cl3OP/c1-4-35(32,33)21-7-5-6-19(13-21)23-16-30(15-18-8-10-20(34-3)11-9-18)27(31)25-24(23)22-12-17(2)14-28-26(22)29-25;1-3-26(24,25)13-6-4-5-12(8-13)15-10-21-18(20)17-16(15)14-7-11(2)9-22-19(14)23-17;1-11-7-14-16-15(20)10-23(9-12-3-5-13(25-2)6-4-12)19(24)17(16)22-18(14)21-8-11;1-2-14(12,13)8-5-3-4-7(6-8)9(10)11;1-5(2,3)4/h5-14,16H,4,15H2,1-3H3,(H,28,29);4-10H,3H2,1-2H3,(H,22,23);3-8,10H,9H2,1-2H3,(H,21,22);3-6,10-11H,2H2,1H3;. The van der Waals surface area contributed by atoms with Gasteiger partial charge in [0, 0.05) is 84.2 Å². The molecule has 9 heterocycles. The van der Waals surface area contributed by atoms with Crippen LogP contribution in [0.3, 0.4) is 0 Å². The number of rotatable bonds is 15. The molecule has 14 aromatic rings. The lowest BCUT2D eigenvalue weighted by Gasteiger charge is -2.13. The van der Waals surface area contributed by atoms with Crippen LogP contribution >= 0.6 is 73.1 Å². The van der Waals surface area contributed by atoms with Crippen molar-refractivity contribution < 1.29 is 49.3 Å². The van der Waals surface area contributed by atoms with Crippen LogP contribution in [0.25, 0.3) is 88.1 Å². The van der Waals surface area contributed by atoms with Crippen LogP contribution in [0.2, 0.25) is 5.15 Å². The molecule has 0 aliphatic carbocycles. The van der Waals surface area contributed by atoms with Crippen molar-refractivity contribution in [2.24, 2.45) is 0 Å². The van der Waals surface area contributed by atoms with E-state index in [1.165, 1.54) is 31.2 Å². The second-order valence-corrected chi connectivity index (χ2v) is 39.0. The van der Waals surface area contributed by atoms with E-state index in [1.54, 1.807) is 98.4 Å². The number of aromatic amines is 3. The van der Waals surface area contributed by atoms with Gasteiger partial charge in [-0.2, -0.15) is 0 Å². The largest absolute Gasteiger partial charge is 0.497 e. The zero-order valence-corrected chi connectivity index (χ0v) is 66.0. The van der Waals surface area contributed by atoms with Gasteiger partial charge in [-0.05, 0) is 200 Å². The second kappa shape index (κ2) is 33.1. The highest BCUT2D eigenvalue weighted by Gasteiger charge is 2.23. The molecule has 0 radical (unpaired) electrons. The zero-order chi connectivity index (χ0) is 76.0. The third-order valence-electron chi connectivity index (χ3n) is 16.8. The van der Waals surface area contributed by atoms with Crippen LogP contribution in [-0.2, 0) is 47.2 Å². The van der Waals surface area contributed by atoms with Gasteiger partial charge in [0.25, 0.3) is 11.1 Å². The number of H-pyrrole nitrogens is 3. The molecule has 0 bridgehead atoms. The predicted octanol–water partition coefficient (Wildman–Crippen LogP) is 15.1. The maximum Gasteiger partial charge on any atom is 0.488 e. The summed E-state index contributed by atoms with van der Waals surface area (Å²) in [6.45, 7) is 11.6. The molecule has 0 fully saturated rings. The lowest BCUT2D eigenvalue weighted by molar-refractivity contribution is 0.414. The SMILES string of the molecule is CCS(=O)(=O)c1cccc(-c2cn(Cc3ccc(OC)cc3)c(=O)c3[nH]c4ncc(C)cc4c23)c1.CCS(=O)(=O)c1cccc(-c2cnc(Cl)c3[nH]c4ncc(C)cc4c23)c1.CCS(=O)(=O)c1cccc(B(O)O)c1.COc1ccc(Cn2cc(I)c3c([nH]c4ncc(C)cc43)c2=O)cc1.O=P(Cl)(Cl)Cl. The van der Waals surface area contributed by atoms with Crippen molar-refractivity contribution in [1.29, 1.82) is 0 Å². The van der Waals surface area contributed by atoms with E-state index in [1.807, 2.05) is 106 Å². The Morgan fingerprint density at radius 3 is 1.30 bits per heavy atom. The first-order chi connectivity index (χ1) is 49.7. The minimum absolute atomic E-state index is 0.00201. The average Bonchev–Trinajstić information content (AvgIpc) is 1.63.